The van der Waals surface area contributed by atoms with E-state index in [4.69, 9.17) is 5.11 Å². The third-order valence-electron chi connectivity index (χ3n) is 2.91. The third-order valence-corrected chi connectivity index (χ3v) is 3.85. The first kappa shape index (κ1) is 14.6. The summed E-state index contributed by atoms with van der Waals surface area (Å²) >= 11 is 1.46. The molecule has 0 amide bonds. The van der Waals surface area contributed by atoms with Crippen LogP contribution >= 0.6 is 11.8 Å². The van der Waals surface area contributed by atoms with Crippen molar-refractivity contribution in [2.75, 3.05) is 0 Å². The van der Waals surface area contributed by atoms with Gasteiger partial charge in [0.2, 0.25) is 0 Å². The minimum absolute atomic E-state index is 0.0828. The smallest absolute Gasteiger partial charge is 0.335 e. The molecule has 104 valence electrons. The first-order valence-electron chi connectivity index (χ1n) is 6.34. The van der Waals surface area contributed by atoms with Crippen LogP contribution in [0.15, 0.2) is 52.5 Å². The number of carboxylic acid groups (broad SMARTS) is 1. The summed E-state index contributed by atoms with van der Waals surface area (Å²) in [5.41, 5.74) is 1.56. The van der Waals surface area contributed by atoms with Gasteiger partial charge < -0.3 is 5.11 Å². The highest BCUT2D eigenvalue weighted by Gasteiger charge is 2.13. The quantitative estimate of drug-likeness (QED) is 0.918. The van der Waals surface area contributed by atoms with Gasteiger partial charge in [0.05, 0.1) is 5.56 Å². The van der Waals surface area contributed by atoms with Crippen molar-refractivity contribution >= 4 is 17.7 Å². The van der Waals surface area contributed by atoms with Crippen molar-refractivity contribution in [1.29, 1.82) is 0 Å². The molecule has 1 aromatic carbocycles. The van der Waals surface area contributed by atoms with E-state index in [1.165, 1.54) is 17.3 Å². The first-order valence-corrected chi connectivity index (χ1v) is 7.16. The molecule has 0 aliphatic carbocycles. The summed E-state index contributed by atoms with van der Waals surface area (Å²) in [5, 5.41) is 9.84. The van der Waals surface area contributed by atoms with Crippen molar-refractivity contribution in [2.45, 2.75) is 36.1 Å². The van der Waals surface area contributed by atoms with Gasteiger partial charge in [-0.05, 0) is 35.2 Å². The van der Waals surface area contributed by atoms with E-state index in [-0.39, 0.29) is 5.41 Å². The van der Waals surface area contributed by atoms with Crippen LogP contribution in [0.4, 0.5) is 0 Å². The highest BCUT2D eigenvalue weighted by atomic mass is 32.2. The maximum Gasteiger partial charge on any atom is 0.335 e. The van der Waals surface area contributed by atoms with Crippen LogP contribution in [0.1, 0.15) is 36.7 Å². The Kier molecular flexibility index (Phi) is 4.14. The van der Waals surface area contributed by atoms with E-state index in [0.29, 0.717) is 5.56 Å². The number of nitrogens with zero attached hydrogens (tertiary/aromatic N) is 1. The summed E-state index contributed by atoms with van der Waals surface area (Å²) in [4.78, 5) is 16.2. The highest BCUT2D eigenvalue weighted by molar-refractivity contribution is 7.99. The average molecular weight is 287 g/mol. The molecular weight excluding hydrogens is 270 g/mol. The Morgan fingerprint density at radius 2 is 1.95 bits per heavy atom. The highest BCUT2D eigenvalue weighted by Crippen LogP contribution is 2.28. The molecule has 2 aromatic rings. The number of aromatic carboxylic acids is 1. The van der Waals surface area contributed by atoms with Crippen molar-refractivity contribution < 1.29 is 9.90 Å². The van der Waals surface area contributed by atoms with Crippen LogP contribution in [0.3, 0.4) is 0 Å². The van der Waals surface area contributed by atoms with E-state index >= 15 is 0 Å². The second-order valence-electron chi connectivity index (χ2n) is 5.57. The molecule has 0 aliphatic heterocycles. The van der Waals surface area contributed by atoms with Gasteiger partial charge in [-0.3, -0.25) is 0 Å². The van der Waals surface area contributed by atoms with E-state index in [1.54, 1.807) is 18.2 Å². The molecule has 1 aromatic heterocycles. The summed E-state index contributed by atoms with van der Waals surface area (Å²) in [6.07, 6.45) is 1.88. The van der Waals surface area contributed by atoms with Crippen LogP contribution in [-0.2, 0) is 5.41 Å². The Hall–Kier alpha value is -1.81. The molecule has 0 spiro atoms. The van der Waals surface area contributed by atoms with Crippen LogP contribution < -0.4 is 0 Å². The molecule has 20 heavy (non-hydrogen) atoms. The molecule has 4 heteroatoms. The lowest BCUT2D eigenvalue weighted by Crippen LogP contribution is -2.11. The number of pyridine rings is 1. The number of carboxylic acids is 1. The van der Waals surface area contributed by atoms with Crippen molar-refractivity contribution in [3.05, 3.63) is 53.7 Å². The van der Waals surface area contributed by atoms with Crippen LogP contribution in [0.5, 0.6) is 0 Å². The van der Waals surface area contributed by atoms with Gasteiger partial charge in [0.15, 0.2) is 0 Å². The SMILES string of the molecule is CC(C)(C)c1ccc(Sc2cccc(C(=O)O)c2)nc1. The van der Waals surface area contributed by atoms with E-state index < -0.39 is 5.97 Å². The summed E-state index contributed by atoms with van der Waals surface area (Å²) in [6.45, 7) is 6.44. The van der Waals surface area contributed by atoms with Crippen molar-refractivity contribution in [3.63, 3.8) is 0 Å². The standard InChI is InChI=1S/C16H17NO2S/c1-16(2,3)12-7-8-14(17-10-12)20-13-6-4-5-11(9-13)15(18)19/h4-10H,1-3H3,(H,18,19). The summed E-state index contributed by atoms with van der Waals surface area (Å²) in [6, 6.07) is 10.9. The number of rotatable bonds is 3. The monoisotopic (exact) mass is 287 g/mol. The van der Waals surface area contributed by atoms with E-state index in [9.17, 15) is 4.79 Å². The Bertz CT molecular complexity index is 615. The fourth-order valence-corrected chi connectivity index (χ4v) is 2.51. The molecule has 0 bridgehead atoms. The fraction of sp³-hybridized carbons (Fsp3) is 0.250. The van der Waals surface area contributed by atoms with Gasteiger partial charge in [-0.2, -0.15) is 0 Å². The number of hydrogen-bond acceptors (Lipinski definition) is 3. The molecule has 0 unspecified atom stereocenters. The number of hydrogen-bond donors (Lipinski definition) is 1. The second kappa shape index (κ2) is 5.67. The van der Waals surface area contributed by atoms with E-state index in [0.717, 1.165) is 9.92 Å². The van der Waals surface area contributed by atoms with Crippen LogP contribution in [0.2, 0.25) is 0 Å². The molecule has 1 N–H and O–H groups in total. The minimum Gasteiger partial charge on any atom is -0.478 e. The number of benzene rings is 1. The number of aromatic nitrogens is 1. The van der Waals surface area contributed by atoms with Crippen LogP contribution in [0.25, 0.3) is 0 Å². The molecule has 0 radical (unpaired) electrons. The normalized spacial score (nSPS) is 11.3. The molecule has 2 rings (SSSR count). The van der Waals surface area contributed by atoms with Gasteiger partial charge in [0.25, 0.3) is 0 Å². The first-order chi connectivity index (χ1) is 9.36. The molecule has 3 nitrogen and oxygen atoms in total. The molecule has 0 atom stereocenters. The Balaban J connectivity index is 2.18. The summed E-state index contributed by atoms with van der Waals surface area (Å²) in [7, 11) is 0. The average Bonchev–Trinajstić information content (AvgIpc) is 2.38. The minimum atomic E-state index is -0.913. The summed E-state index contributed by atoms with van der Waals surface area (Å²) in [5.74, 6) is -0.913. The van der Waals surface area contributed by atoms with E-state index in [1.807, 2.05) is 18.3 Å². The maximum atomic E-state index is 10.9. The molecular formula is C16H17NO2S. The Morgan fingerprint density at radius 1 is 1.20 bits per heavy atom. The van der Waals surface area contributed by atoms with E-state index in [2.05, 4.69) is 31.8 Å². The molecule has 0 fully saturated rings. The molecule has 0 aliphatic rings. The Morgan fingerprint density at radius 3 is 2.50 bits per heavy atom. The van der Waals surface area contributed by atoms with Gasteiger partial charge >= 0.3 is 5.97 Å². The largest absolute Gasteiger partial charge is 0.478 e. The van der Waals surface area contributed by atoms with Gasteiger partial charge in [0.1, 0.15) is 5.03 Å². The predicted molar refractivity (Wildman–Crippen MR) is 80.5 cm³/mol. The van der Waals surface area contributed by atoms with Gasteiger partial charge in [0, 0.05) is 11.1 Å². The third kappa shape index (κ3) is 3.61. The lowest BCUT2D eigenvalue weighted by atomic mass is 9.88. The van der Waals surface area contributed by atoms with Crippen LogP contribution in [0, 0.1) is 0 Å². The zero-order chi connectivity index (χ0) is 14.8. The second-order valence-corrected chi connectivity index (χ2v) is 6.66. The van der Waals surface area contributed by atoms with Gasteiger partial charge in [-0.1, -0.05) is 44.7 Å². The fourth-order valence-electron chi connectivity index (χ4n) is 1.70. The zero-order valence-corrected chi connectivity index (χ0v) is 12.6. The predicted octanol–water partition coefficient (Wildman–Crippen LogP) is 4.23. The van der Waals surface area contributed by atoms with Crippen molar-refractivity contribution in [1.82, 2.24) is 4.98 Å². The molecule has 0 saturated heterocycles. The van der Waals surface area contributed by atoms with Crippen molar-refractivity contribution in [2.24, 2.45) is 0 Å². The van der Waals surface area contributed by atoms with Gasteiger partial charge in [-0.25, -0.2) is 9.78 Å². The lowest BCUT2D eigenvalue weighted by Gasteiger charge is -2.18. The van der Waals surface area contributed by atoms with Crippen LogP contribution in [-0.4, -0.2) is 16.1 Å². The molecule has 0 saturated carbocycles. The zero-order valence-electron chi connectivity index (χ0n) is 11.8. The van der Waals surface area contributed by atoms with Crippen molar-refractivity contribution in [3.8, 4) is 0 Å². The number of carbonyl (C=O) groups is 1. The lowest BCUT2D eigenvalue weighted by molar-refractivity contribution is 0.0696. The topological polar surface area (TPSA) is 50.2 Å². The maximum absolute atomic E-state index is 10.9. The summed E-state index contributed by atoms with van der Waals surface area (Å²) < 4.78 is 0. The Labute approximate surface area is 123 Å². The molecule has 1 heterocycles. The van der Waals surface area contributed by atoms with Gasteiger partial charge in [-0.15, -0.1) is 0 Å².